The maximum Gasteiger partial charge on any atom is 0.0647 e. The molecule has 0 amide bonds. The first kappa shape index (κ1) is 9.66. The molecule has 0 aromatic heterocycles. The summed E-state index contributed by atoms with van der Waals surface area (Å²) < 4.78 is 0. The third-order valence-electron chi connectivity index (χ3n) is 1.78. The first-order valence-corrected chi connectivity index (χ1v) is 3.55. The van der Waals surface area contributed by atoms with Crippen molar-refractivity contribution in [3.63, 3.8) is 0 Å². The number of rotatable bonds is 4. The van der Waals surface area contributed by atoms with Gasteiger partial charge in [0, 0.05) is 18.4 Å². The highest BCUT2D eigenvalue weighted by molar-refractivity contribution is 4.83. The third kappa shape index (κ3) is 2.50. The molecule has 0 spiro atoms. The van der Waals surface area contributed by atoms with Gasteiger partial charge in [0.1, 0.15) is 0 Å². The van der Waals surface area contributed by atoms with Gasteiger partial charge in [-0.15, -0.1) is 6.58 Å². The van der Waals surface area contributed by atoms with E-state index in [2.05, 4.69) is 6.58 Å². The van der Waals surface area contributed by atoms with E-state index in [-0.39, 0.29) is 18.4 Å². The highest BCUT2D eigenvalue weighted by Gasteiger charge is 2.17. The van der Waals surface area contributed by atoms with Crippen molar-refractivity contribution in [3.8, 4) is 0 Å². The number of aliphatic hydroxyl groups is 2. The van der Waals surface area contributed by atoms with Crippen LogP contribution in [0.25, 0.3) is 0 Å². The summed E-state index contributed by atoms with van der Waals surface area (Å²) in [6, 6.07) is 0. The van der Waals surface area contributed by atoms with E-state index in [0.717, 1.165) is 0 Å². The smallest absolute Gasteiger partial charge is 0.0647 e. The Morgan fingerprint density at radius 1 is 1.50 bits per heavy atom. The van der Waals surface area contributed by atoms with Gasteiger partial charge < -0.3 is 10.2 Å². The van der Waals surface area contributed by atoms with Gasteiger partial charge in [0.2, 0.25) is 0 Å². The minimum atomic E-state index is -0.470. The zero-order chi connectivity index (χ0) is 8.15. The minimum Gasteiger partial charge on any atom is -0.396 e. The van der Waals surface area contributed by atoms with Crippen LogP contribution in [0.15, 0.2) is 12.7 Å². The molecule has 0 aromatic carbocycles. The lowest BCUT2D eigenvalue weighted by Crippen LogP contribution is -2.26. The van der Waals surface area contributed by atoms with Crippen LogP contribution in [0.2, 0.25) is 0 Å². The molecule has 10 heavy (non-hydrogen) atoms. The molecule has 0 radical (unpaired) electrons. The number of hydrogen-bond acceptors (Lipinski definition) is 2. The van der Waals surface area contributed by atoms with Crippen molar-refractivity contribution in [1.82, 2.24) is 0 Å². The molecule has 2 N–H and O–H groups in total. The molecule has 0 aliphatic rings. The quantitative estimate of drug-likeness (QED) is 0.573. The van der Waals surface area contributed by atoms with Crippen LogP contribution in [0.5, 0.6) is 0 Å². The highest BCUT2D eigenvalue weighted by atomic mass is 16.3. The Balaban J connectivity index is 3.80. The normalized spacial score (nSPS) is 19.6. The zero-order valence-corrected chi connectivity index (χ0v) is 6.62. The molecule has 0 bridgehead atoms. The molecule has 0 aliphatic heterocycles. The average molecular weight is 144 g/mol. The van der Waals surface area contributed by atoms with Crippen LogP contribution in [-0.4, -0.2) is 22.9 Å². The topological polar surface area (TPSA) is 40.5 Å². The summed E-state index contributed by atoms with van der Waals surface area (Å²) >= 11 is 0. The van der Waals surface area contributed by atoms with E-state index in [1.54, 1.807) is 6.08 Å². The first-order chi connectivity index (χ1) is 4.63. The lowest BCUT2D eigenvalue weighted by Gasteiger charge is -2.20. The van der Waals surface area contributed by atoms with Gasteiger partial charge >= 0.3 is 0 Å². The van der Waals surface area contributed by atoms with Crippen LogP contribution in [-0.2, 0) is 0 Å². The van der Waals surface area contributed by atoms with Crippen molar-refractivity contribution in [1.29, 1.82) is 0 Å². The Kier molecular flexibility index (Phi) is 4.32. The van der Waals surface area contributed by atoms with Gasteiger partial charge in [-0.1, -0.05) is 19.9 Å². The molecule has 0 saturated carbocycles. The lowest BCUT2D eigenvalue weighted by molar-refractivity contribution is 0.0514. The molecule has 2 heteroatoms. The Morgan fingerprint density at radius 3 is 2.30 bits per heavy atom. The van der Waals surface area contributed by atoms with E-state index in [1.165, 1.54) is 0 Å². The van der Waals surface area contributed by atoms with Crippen molar-refractivity contribution in [2.75, 3.05) is 6.61 Å². The molecule has 0 heterocycles. The summed E-state index contributed by atoms with van der Waals surface area (Å²) in [6.45, 7) is 7.27. The molecule has 2 nitrogen and oxygen atoms in total. The largest absolute Gasteiger partial charge is 0.396 e. The molecular weight excluding hydrogens is 128 g/mol. The van der Waals surface area contributed by atoms with E-state index >= 15 is 0 Å². The van der Waals surface area contributed by atoms with Crippen molar-refractivity contribution < 1.29 is 10.2 Å². The lowest BCUT2D eigenvalue weighted by atomic mass is 9.94. The predicted molar refractivity (Wildman–Crippen MR) is 41.6 cm³/mol. The second kappa shape index (κ2) is 4.47. The average Bonchev–Trinajstić information content (AvgIpc) is 2.00. The fraction of sp³-hybridized carbons (Fsp3) is 0.750. The van der Waals surface area contributed by atoms with Crippen molar-refractivity contribution >= 4 is 0 Å². The molecule has 3 atom stereocenters. The molecule has 0 saturated heterocycles. The predicted octanol–water partition coefficient (Wildman–Crippen LogP) is 0.798. The molecule has 60 valence electrons. The highest BCUT2D eigenvalue weighted by Crippen LogP contribution is 2.12. The number of hydrogen-bond donors (Lipinski definition) is 2. The Hall–Kier alpha value is -0.340. The van der Waals surface area contributed by atoms with E-state index < -0.39 is 6.10 Å². The van der Waals surface area contributed by atoms with Crippen LogP contribution < -0.4 is 0 Å². The van der Waals surface area contributed by atoms with Gasteiger partial charge in [-0.2, -0.15) is 0 Å². The zero-order valence-electron chi connectivity index (χ0n) is 6.62. The molecular formula is C8H16O2. The monoisotopic (exact) mass is 144 g/mol. The van der Waals surface area contributed by atoms with Crippen LogP contribution in [0, 0.1) is 11.8 Å². The Labute approximate surface area is 62.2 Å². The van der Waals surface area contributed by atoms with Gasteiger partial charge in [-0.3, -0.25) is 0 Å². The molecule has 0 rings (SSSR count). The summed E-state index contributed by atoms with van der Waals surface area (Å²) in [5.41, 5.74) is 0. The van der Waals surface area contributed by atoms with Gasteiger partial charge in [0.15, 0.2) is 0 Å². The maximum absolute atomic E-state index is 9.35. The van der Waals surface area contributed by atoms with E-state index in [4.69, 9.17) is 5.11 Å². The Morgan fingerprint density at radius 2 is 2.00 bits per heavy atom. The fourth-order valence-corrected chi connectivity index (χ4v) is 0.766. The van der Waals surface area contributed by atoms with Crippen molar-refractivity contribution in [3.05, 3.63) is 12.7 Å². The minimum absolute atomic E-state index is 0.0271. The van der Waals surface area contributed by atoms with E-state index in [9.17, 15) is 5.11 Å². The van der Waals surface area contributed by atoms with Gasteiger partial charge in [0.25, 0.3) is 0 Å². The maximum atomic E-state index is 9.35. The van der Waals surface area contributed by atoms with Gasteiger partial charge in [0.05, 0.1) is 6.10 Å². The summed E-state index contributed by atoms with van der Waals surface area (Å²) in [6.07, 6.45) is 1.22. The molecule has 0 fully saturated rings. The van der Waals surface area contributed by atoms with Crippen LogP contribution in [0.4, 0.5) is 0 Å². The van der Waals surface area contributed by atoms with E-state index in [0.29, 0.717) is 0 Å². The third-order valence-corrected chi connectivity index (χ3v) is 1.78. The first-order valence-electron chi connectivity index (χ1n) is 3.55. The van der Waals surface area contributed by atoms with Crippen LogP contribution >= 0.6 is 0 Å². The molecule has 0 aliphatic carbocycles. The standard InChI is InChI=1S/C8H16O2/c1-4-6(2)8(10)7(3)5-9/h4,6-10H,1,5H2,2-3H3/t6-,7+,8?/m0/s1. The van der Waals surface area contributed by atoms with Crippen molar-refractivity contribution in [2.24, 2.45) is 11.8 Å². The van der Waals surface area contributed by atoms with E-state index in [1.807, 2.05) is 13.8 Å². The van der Waals surface area contributed by atoms with Gasteiger partial charge in [-0.05, 0) is 0 Å². The number of aliphatic hydroxyl groups excluding tert-OH is 2. The van der Waals surface area contributed by atoms with Crippen LogP contribution in [0.1, 0.15) is 13.8 Å². The Bertz CT molecular complexity index is 101. The van der Waals surface area contributed by atoms with Crippen LogP contribution in [0.3, 0.4) is 0 Å². The fourth-order valence-electron chi connectivity index (χ4n) is 0.766. The van der Waals surface area contributed by atoms with Gasteiger partial charge in [-0.25, -0.2) is 0 Å². The summed E-state index contributed by atoms with van der Waals surface area (Å²) in [4.78, 5) is 0. The summed E-state index contributed by atoms with van der Waals surface area (Å²) in [5, 5.41) is 18.0. The second-order valence-electron chi connectivity index (χ2n) is 2.75. The second-order valence-corrected chi connectivity index (χ2v) is 2.75. The SMILES string of the molecule is C=C[C@H](C)C(O)[C@H](C)CO. The molecule has 0 aromatic rings. The van der Waals surface area contributed by atoms with Crippen molar-refractivity contribution in [2.45, 2.75) is 20.0 Å². The summed E-state index contributed by atoms with van der Waals surface area (Å²) in [7, 11) is 0. The molecule has 1 unspecified atom stereocenters. The summed E-state index contributed by atoms with van der Waals surface area (Å²) in [5.74, 6) is -0.00449.